The average molecular weight is 615 g/mol. The number of ether oxygens (including phenoxy) is 2. The van der Waals surface area contributed by atoms with Crippen molar-refractivity contribution in [3.63, 3.8) is 0 Å². The third-order valence-corrected chi connectivity index (χ3v) is 9.01. The highest BCUT2D eigenvalue weighted by Gasteiger charge is 2.35. The second-order valence-electron chi connectivity index (χ2n) is 12.1. The molecule has 9 nitrogen and oxygen atoms in total. The largest absolute Gasteiger partial charge is 0.508 e. The molecule has 7 rings (SSSR count). The van der Waals surface area contributed by atoms with Gasteiger partial charge in [-0.25, -0.2) is 13.8 Å². The van der Waals surface area contributed by atoms with Crippen LogP contribution in [0.1, 0.15) is 37.9 Å². The van der Waals surface area contributed by atoms with Gasteiger partial charge in [0, 0.05) is 43.8 Å². The van der Waals surface area contributed by atoms with E-state index in [1.165, 1.54) is 12.1 Å². The lowest BCUT2D eigenvalue weighted by molar-refractivity contribution is -0.0416. The number of anilines is 1. The first-order valence-electron chi connectivity index (χ1n) is 15.5. The first kappa shape index (κ1) is 29.6. The van der Waals surface area contributed by atoms with E-state index in [0.29, 0.717) is 78.0 Å². The molecule has 3 saturated heterocycles. The molecule has 0 aliphatic carbocycles. The summed E-state index contributed by atoms with van der Waals surface area (Å²) in [6, 6.07) is 6.53. The number of nitrogens with one attached hydrogen (secondary N) is 1. The maximum absolute atomic E-state index is 17.0. The van der Waals surface area contributed by atoms with Crippen molar-refractivity contribution in [1.82, 2.24) is 25.2 Å². The molecule has 234 valence electrons. The number of aryl methyl sites for hydroxylation is 1. The van der Waals surface area contributed by atoms with Crippen LogP contribution in [0.25, 0.3) is 32.9 Å². The molecular formula is C34H36F2N6O3. The van der Waals surface area contributed by atoms with Gasteiger partial charge in [-0.1, -0.05) is 18.9 Å². The molecule has 3 fully saturated rings. The molecule has 3 aliphatic heterocycles. The van der Waals surface area contributed by atoms with Crippen LogP contribution in [-0.2, 0) is 11.2 Å². The van der Waals surface area contributed by atoms with Crippen LogP contribution < -0.4 is 15.0 Å². The van der Waals surface area contributed by atoms with Crippen molar-refractivity contribution in [3.05, 3.63) is 47.2 Å². The molecule has 2 aromatic heterocycles. The van der Waals surface area contributed by atoms with Crippen molar-refractivity contribution in [3.8, 4) is 34.9 Å². The van der Waals surface area contributed by atoms with Crippen LogP contribution in [0.4, 0.5) is 14.6 Å². The Hall–Kier alpha value is -4.11. The van der Waals surface area contributed by atoms with Gasteiger partial charge in [0.2, 0.25) is 0 Å². The second kappa shape index (κ2) is 12.0. The van der Waals surface area contributed by atoms with Crippen molar-refractivity contribution in [1.29, 1.82) is 0 Å². The van der Waals surface area contributed by atoms with Crippen molar-refractivity contribution in [2.24, 2.45) is 0 Å². The van der Waals surface area contributed by atoms with E-state index in [-0.39, 0.29) is 41.2 Å². The summed E-state index contributed by atoms with van der Waals surface area (Å²) in [5.41, 5.74) is 0.917. The molecule has 2 aromatic carbocycles. The van der Waals surface area contributed by atoms with E-state index in [9.17, 15) is 5.11 Å². The molecule has 45 heavy (non-hydrogen) atoms. The number of rotatable bonds is 6. The topological polar surface area (TPSA) is 95.9 Å². The van der Waals surface area contributed by atoms with Crippen LogP contribution in [-0.4, -0.2) is 89.6 Å². The number of phenols is 1. The van der Waals surface area contributed by atoms with E-state index in [1.807, 2.05) is 14.0 Å². The van der Waals surface area contributed by atoms with Gasteiger partial charge in [0.1, 0.15) is 47.0 Å². The zero-order valence-electron chi connectivity index (χ0n) is 25.7. The molecule has 0 unspecified atom stereocenters. The van der Waals surface area contributed by atoms with Crippen molar-refractivity contribution < 1.29 is 23.4 Å². The lowest BCUT2D eigenvalue weighted by Gasteiger charge is -2.34. The third kappa shape index (κ3) is 5.52. The highest BCUT2D eigenvalue weighted by molar-refractivity contribution is 6.03. The lowest BCUT2D eigenvalue weighted by Crippen LogP contribution is -2.51. The summed E-state index contributed by atoms with van der Waals surface area (Å²) in [5, 5.41) is 15.8. The molecule has 3 aliphatic rings. The van der Waals surface area contributed by atoms with Gasteiger partial charge in [-0.05, 0) is 73.7 Å². The smallest absolute Gasteiger partial charge is 0.319 e. The summed E-state index contributed by atoms with van der Waals surface area (Å²) in [5.74, 6) is 5.29. The fourth-order valence-electron chi connectivity index (χ4n) is 6.95. The van der Waals surface area contributed by atoms with Crippen molar-refractivity contribution in [2.45, 2.75) is 51.3 Å². The van der Waals surface area contributed by atoms with Crippen molar-refractivity contribution >= 4 is 27.5 Å². The van der Waals surface area contributed by atoms with Gasteiger partial charge >= 0.3 is 6.01 Å². The number of phenolic OH excluding ortho intramolecular Hbond substituents is 1. The number of fused-ring (bicyclic) bond motifs is 4. The molecule has 0 amide bonds. The van der Waals surface area contributed by atoms with Gasteiger partial charge in [-0.2, -0.15) is 9.97 Å². The van der Waals surface area contributed by atoms with E-state index >= 15 is 8.78 Å². The van der Waals surface area contributed by atoms with E-state index in [1.54, 1.807) is 19.1 Å². The zero-order valence-corrected chi connectivity index (χ0v) is 25.7. The van der Waals surface area contributed by atoms with Gasteiger partial charge in [0.25, 0.3) is 0 Å². The van der Waals surface area contributed by atoms with Crippen LogP contribution in [0.5, 0.6) is 11.8 Å². The van der Waals surface area contributed by atoms with E-state index < -0.39 is 11.6 Å². The lowest BCUT2D eigenvalue weighted by atomic mass is 9.94. The number of nitrogens with zero attached hydrogens (tertiary/aromatic N) is 5. The number of halogens is 2. The predicted octanol–water partition coefficient (Wildman–Crippen LogP) is 4.41. The van der Waals surface area contributed by atoms with Gasteiger partial charge in [-0.15, -0.1) is 0 Å². The molecular weight excluding hydrogens is 578 g/mol. The summed E-state index contributed by atoms with van der Waals surface area (Å²) in [7, 11) is 2.03. The Balaban J connectivity index is 1.45. The van der Waals surface area contributed by atoms with Crippen LogP contribution in [0.3, 0.4) is 0 Å². The fourth-order valence-corrected chi connectivity index (χ4v) is 6.95. The number of aromatic hydroxyl groups is 1. The van der Waals surface area contributed by atoms with Crippen LogP contribution in [0.15, 0.2) is 24.3 Å². The predicted molar refractivity (Wildman–Crippen MR) is 169 cm³/mol. The molecule has 5 heterocycles. The maximum atomic E-state index is 17.0. The molecule has 0 radical (unpaired) electrons. The molecule has 3 atom stereocenters. The summed E-state index contributed by atoms with van der Waals surface area (Å²) >= 11 is 0. The van der Waals surface area contributed by atoms with E-state index in [0.717, 1.165) is 19.4 Å². The first-order chi connectivity index (χ1) is 21.8. The summed E-state index contributed by atoms with van der Waals surface area (Å²) in [6.07, 6.45) is 2.30. The summed E-state index contributed by atoms with van der Waals surface area (Å²) in [4.78, 5) is 18.5. The van der Waals surface area contributed by atoms with E-state index in [4.69, 9.17) is 19.4 Å². The molecule has 11 heteroatoms. The first-order valence-corrected chi connectivity index (χ1v) is 15.5. The number of likely N-dealkylation sites (N-methyl/N-ethyl adjacent to an activating group) is 1. The highest BCUT2D eigenvalue weighted by Crippen LogP contribution is 2.40. The summed E-state index contributed by atoms with van der Waals surface area (Å²) < 4.78 is 44.1. The number of morpholine rings is 1. The van der Waals surface area contributed by atoms with Gasteiger partial charge in [0.15, 0.2) is 5.82 Å². The minimum Gasteiger partial charge on any atom is -0.508 e. The SMILES string of the molecule is CC#Cc1nc(-c2cc(O)cc3ccc(F)c(CC)c23)c(F)c2nc(OC[C@@H]3CN(C)CCO3)nc(N3C[C@H]4CC[C@@H](C3)N4)c12. The monoisotopic (exact) mass is 614 g/mol. The highest BCUT2D eigenvalue weighted by atomic mass is 19.1. The van der Waals surface area contributed by atoms with Crippen molar-refractivity contribution in [2.75, 3.05) is 51.3 Å². The van der Waals surface area contributed by atoms with E-state index in [2.05, 4.69) is 31.9 Å². The third-order valence-electron chi connectivity index (χ3n) is 9.01. The zero-order chi connectivity index (χ0) is 31.2. The standard InChI is InChI=1S/C34H36F2N6O3/c1-4-6-27-29-32(30(36)31(38-27)25-14-22(43)13-19-7-10-26(35)24(5-2)28(19)25)39-34(45-18-23-17-41(3)11-12-44-23)40-33(29)42-15-20-8-9-21(16-42)37-20/h7,10,13-14,20-21,23,37,43H,5,8-9,11-12,15-18H2,1-3H3/t20-,21+,23-/m0/s1. The number of pyridine rings is 1. The number of hydrogen-bond donors (Lipinski definition) is 2. The second-order valence-corrected chi connectivity index (χ2v) is 12.1. The molecule has 0 spiro atoms. The minimum absolute atomic E-state index is 0.0104. The number of benzene rings is 2. The summed E-state index contributed by atoms with van der Waals surface area (Å²) in [6.45, 7) is 7.25. The van der Waals surface area contributed by atoms with Crippen LogP contribution >= 0.6 is 0 Å². The van der Waals surface area contributed by atoms with Gasteiger partial charge < -0.3 is 29.7 Å². The number of piperazine rings is 1. The Kier molecular flexibility index (Phi) is 7.89. The van der Waals surface area contributed by atoms with Crippen LogP contribution in [0.2, 0.25) is 0 Å². The quantitative estimate of drug-likeness (QED) is 0.306. The minimum atomic E-state index is -0.717. The normalized spacial score (nSPS) is 21.7. The van der Waals surface area contributed by atoms with Gasteiger partial charge in [-0.3, -0.25) is 0 Å². The Morgan fingerprint density at radius 1 is 1.09 bits per heavy atom. The molecule has 0 saturated carbocycles. The van der Waals surface area contributed by atoms with Crippen LogP contribution in [0, 0.1) is 23.5 Å². The molecule has 2 N–H and O–H groups in total. The number of hydrogen-bond acceptors (Lipinski definition) is 9. The molecule has 2 bridgehead atoms. The fraction of sp³-hybridized carbons (Fsp3) is 0.441. The Morgan fingerprint density at radius 2 is 1.89 bits per heavy atom. The average Bonchev–Trinajstić information content (AvgIpc) is 3.37. The molecule has 4 aromatic rings. The Bertz CT molecular complexity index is 1850. The Labute approximate surface area is 260 Å². The Morgan fingerprint density at radius 3 is 2.62 bits per heavy atom. The van der Waals surface area contributed by atoms with Gasteiger partial charge in [0.05, 0.1) is 12.0 Å². The maximum Gasteiger partial charge on any atom is 0.319 e. The number of aromatic nitrogens is 3.